The van der Waals surface area contributed by atoms with Crippen molar-refractivity contribution in [2.75, 3.05) is 5.75 Å². The van der Waals surface area contributed by atoms with Gasteiger partial charge in [0.1, 0.15) is 11.9 Å². The number of carboxylic acids is 1. The molecule has 2 unspecified atom stereocenters. The first kappa shape index (κ1) is 32.1. The number of rotatable bonds is 5. The number of thioether (sulfide) groups is 1. The zero-order valence-corrected chi connectivity index (χ0v) is 25.6. The maximum absolute atomic E-state index is 13.5. The summed E-state index contributed by atoms with van der Waals surface area (Å²) in [6.45, 7) is 16.7. The van der Waals surface area contributed by atoms with Gasteiger partial charge in [0.25, 0.3) is 5.97 Å². The number of carboxylic acid groups (broad SMARTS) is 1. The monoisotopic (exact) mass is 565 g/mol. The standard InChI is InChI=1S/C29H47NO4S.C2H4O2/c1-7-27(5)15-24(34-25(33)16-35-23-9-8-20(30)14-22(23)32)28(6)17(2)10-12-29(19(4)18(27)3)13-11-21(31)26(28)29;1-2(3)4/h7,17-20,22-24,26,32H,1,8-16,30H2,2-6H3;1H3,(H,3,4)/t17?,18-,19-,20+,22+,23+,24+,26-,27+,28-,29?;/m0./s1. The number of Topliss-reactive ketones (excluding diaryl/α,β-unsaturated/α-hetero) is 1. The van der Waals surface area contributed by atoms with E-state index in [9.17, 15) is 14.7 Å². The Hall–Kier alpha value is -1.38. The highest BCUT2D eigenvalue weighted by Crippen LogP contribution is 2.69. The van der Waals surface area contributed by atoms with E-state index >= 15 is 0 Å². The Morgan fingerprint density at radius 1 is 1.15 bits per heavy atom. The van der Waals surface area contributed by atoms with Gasteiger partial charge in [0.05, 0.1) is 11.9 Å². The first-order valence-electron chi connectivity index (χ1n) is 14.7. The summed E-state index contributed by atoms with van der Waals surface area (Å²) in [5.74, 6) is 0.506. The Morgan fingerprint density at radius 3 is 2.38 bits per heavy atom. The summed E-state index contributed by atoms with van der Waals surface area (Å²) in [5, 5.41) is 17.9. The molecule has 4 saturated carbocycles. The fraction of sp³-hybridized carbons (Fsp3) is 0.839. The molecule has 4 rings (SSSR count). The van der Waals surface area contributed by atoms with Crippen LogP contribution in [-0.4, -0.2) is 57.2 Å². The molecule has 11 atom stereocenters. The molecule has 39 heavy (non-hydrogen) atoms. The first-order chi connectivity index (χ1) is 18.1. The van der Waals surface area contributed by atoms with Gasteiger partial charge in [0.2, 0.25) is 0 Å². The topological polar surface area (TPSA) is 127 Å². The molecule has 0 aromatic rings. The van der Waals surface area contributed by atoms with Gasteiger partial charge in [-0.05, 0) is 73.5 Å². The Bertz CT molecular complexity index is 938. The summed E-state index contributed by atoms with van der Waals surface area (Å²) in [7, 11) is 0. The Morgan fingerprint density at radius 2 is 1.79 bits per heavy atom. The third-order valence-corrected chi connectivity index (χ3v) is 12.8. The van der Waals surface area contributed by atoms with Crippen LogP contribution in [0.1, 0.15) is 92.9 Å². The van der Waals surface area contributed by atoms with Crippen LogP contribution in [0, 0.1) is 39.9 Å². The van der Waals surface area contributed by atoms with Crippen molar-refractivity contribution in [3.8, 4) is 0 Å². The molecule has 0 aromatic heterocycles. The Labute approximate surface area is 239 Å². The van der Waals surface area contributed by atoms with Gasteiger partial charge in [-0.1, -0.05) is 40.7 Å². The second kappa shape index (κ2) is 12.2. The molecule has 4 aliphatic rings. The number of nitrogens with two attached hydrogens (primary N) is 1. The van der Waals surface area contributed by atoms with Crippen LogP contribution in [0.15, 0.2) is 12.7 Å². The second-order valence-corrected chi connectivity index (χ2v) is 14.6. The lowest BCUT2D eigenvalue weighted by molar-refractivity contribution is -0.196. The number of allylic oxidation sites excluding steroid dienone is 1. The highest BCUT2D eigenvalue weighted by Gasteiger charge is 2.67. The molecule has 7 nitrogen and oxygen atoms in total. The number of carbonyl (C=O) groups excluding carboxylic acids is 2. The molecule has 0 aromatic carbocycles. The van der Waals surface area contributed by atoms with Crippen LogP contribution in [-0.2, 0) is 19.1 Å². The summed E-state index contributed by atoms with van der Waals surface area (Å²) < 4.78 is 6.40. The predicted molar refractivity (Wildman–Crippen MR) is 155 cm³/mol. The maximum atomic E-state index is 13.5. The molecule has 0 aliphatic heterocycles. The molecule has 0 spiro atoms. The number of carbonyl (C=O) groups is 3. The van der Waals surface area contributed by atoms with Crippen LogP contribution in [0.2, 0.25) is 0 Å². The van der Waals surface area contributed by atoms with Crippen molar-refractivity contribution >= 4 is 29.5 Å². The van der Waals surface area contributed by atoms with E-state index in [4.69, 9.17) is 20.4 Å². The minimum absolute atomic E-state index is 0.0206. The van der Waals surface area contributed by atoms with Gasteiger partial charge < -0.3 is 20.7 Å². The molecule has 4 N–H and O–H groups in total. The van der Waals surface area contributed by atoms with E-state index in [0.717, 1.165) is 39.0 Å². The smallest absolute Gasteiger partial charge is 0.316 e. The molecule has 8 heteroatoms. The fourth-order valence-electron chi connectivity index (χ4n) is 8.53. The van der Waals surface area contributed by atoms with Gasteiger partial charge in [-0.3, -0.25) is 14.4 Å². The number of hydrogen-bond donors (Lipinski definition) is 3. The lowest BCUT2D eigenvalue weighted by Gasteiger charge is -2.62. The zero-order chi connectivity index (χ0) is 29.3. The molecule has 222 valence electrons. The zero-order valence-electron chi connectivity index (χ0n) is 24.8. The van der Waals surface area contributed by atoms with Crippen molar-refractivity contribution in [3.05, 3.63) is 12.7 Å². The van der Waals surface area contributed by atoms with Crippen LogP contribution < -0.4 is 5.73 Å². The van der Waals surface area contributed by atoms with Crippen molar-refractivity contribution < 1.29 is 29.3 Å². The van der Waals surface area contributed by atoms with E-state index in [2.05, 4.69) is 47.3 Å². The van der Waals surface area contributed by atoms with E-state index < -0.39 is 12.1 Å². The van der Waals surface area contributed by atoms with Crippen LogP contribution in [0.3, 0.4) is 0 Å². The Kier molecular flexibility index (Phi) is 10.1. The van der Waals surface area contributed by atoms with Crippen molar-refractivity contribution in [2.45, 2.75) is 116 Å². The molecular weight excluding hydrogens is 514 g/mol. The van der Waals surface area contributed by atoms with E-state index in [-0.39, 0.29) is 51.3 Å². The number of aliphatic hydroxyl groups is 1. The van der Waals surface area contributed by atoms with Crippen LogP contribution in [0.4, 0.5) is 0 Å². The van der Waals surface area contributed by atoms with E-state index in [1.807, 2.05) is 0 Å². The fourth-order valence-corrected chi connectivity index (χ4v) is 9.58. The van der Waals surface area contributed by atoms with Gasteiger partial charge >= 0.3 is 5.97 Å². The lowest BCUT2D eigenvalue weighted by Crippen LogP contribution is -2.61. The van der Waals surface area contributed by atoms with Crippen LogP contribution in [0.25, 0.3) is 0 Å². The highest BCUT2D eigenvalue weighted by atomic mass is 32.2. The van der Waals surface area contributed by atoms with Crippen LogP contribution >= 0.6 is 11.8 Å². The molecule has 2 bridgehead atoms. The molecule has 4 fully saturated rings. The molecule has 0 amide bonds. The molecular formula is C31H51NO6S. The van der Waals surface area contributed by atoms with E-state index in [0.29, 0.717) is 42.8 Å². The summed E-state index contributed by atoms with van der Waals surface area (Å²) >= 11 is 1.49. The maximum Gasteiger partial charge on any atom is 0.316 e. The average Bonchev–Trinajstić information content (AvgIpc) is 3.21. The lowest BCUT2D eigenvalue weighted by atomic mass is 9.42. The summed E-state index contributed by atoms with van der Waals surface area (Å²) in [5.41, 5.74) is 5.39. The number of aliphatic hydroxyl groups excluding tert-OH is 1. The quantitative estimate of drug-likeness (QED) is 0.305. The Balaban J connectivity index is 0.000000983. The van der Waals surface area contributed by atoms with Crippen molar-refractivity contribution in [1.82, 2.24) is 0 Å². The van der Waals surface area contributed by atoms with Gasteiger partial charge in [0.15, 0.2) is 0 Å². The minimum Gasteiger partial charge on any atom is -0.481 e. The number of esters is 1. The third kappa shape index (κ3) is 6.13. The predicted octanol–water partition coefficient (Wildman–Crippen LogP) is 5.23. The van der Waals surface area contributed by atoms with Gasteiger partial charge in [-0.15, -0.1) is 18.3 Å². The molecule has 0 saturated heterocycles. The van der Waals surface area contributed by atoms with Gasteiger partial charge in [-0.2, -0.15) is 0 Å². The van der Waals surface area contributed by atoms with Crippen molar-refractivity contribution in [3.63, 3.8) is 0 Å². The van der Waals surface area contributed by atoms with Crippen molar-refractivity contribution in [2.24, 2.45) is 45.7 Å². The number of hydrogen-bond acceptors (Lipinski definition) is 7. The van der Waals surface area contributed by atoms with Gasteiger partial charge in [-0.25, -0.2) is 0 Å². The number of ether oxygens (including phenoxy) is 1. The highest BCUT2D eigenvalue weighted by molar-refractivity contribution is 8.00. The second-order valence-electron chi connectivity index (χ2n) is 13.4. The van der Waals surface area contributed by atoms with Crippen LogP contribution in [0.5, 0.6) is 0 Å². The SMILES string of the molecule is C=C[C@]1(C)C[C@@H](OC(=O)CS[C@@H]2CC[C@@H](N)C[C@H]2O)[C@]2(C)C(C)CCC3(CCC(=O)[C@H]32)[C@@H](C)[C@@H]1C.CC(=O)O. The normalized spacial score (nSPS) is 45.6. The molecule has 0 radical (unpaired) electrons. The number of ketones is 1. The summed E-state index contributed by atoms with van der Waals surface area (Å²) in [4.78, 5) is 35.8. The summed E-state index contributed by atoms with van der Waals surface area (Å²) in [6, 6.07) is 0.0432. The molecule has 4 aliphatic carbocycles. The third-order valence-electron chi connectivity index (χ3n) is 11.4. The summed E-state index contributed by atoms with van der Waals surface area (Å²) in [6.07, 6.45) is 7.99. The minimum atomic E-state index is -0.833. The van der Waals surface area contributed by atoms with Crippen molar-refractivity contribution in [1.29, 1.82) is 0 Å². The average molecular weight is 566 g/mol. The number of aliphatic carboxylic acids is 1. The first-order valence-corrected chi connectivity index (χ1v) is 15.8. The largest absolute Gasteiger partial charge is 0.481 e. The van der Waals surface area contributed by atoms with E-state index in [1.165, 1.54) is 11.8 Å². The van der Waals surface area contributed by atoms with E-state index in [1.54, 1.807) is 0 Å². The molecule has 0 heterocycles. The van der Waals surface area contributed by atoms with Gasteiger partial charge in [0, 0.05) is 36.0 Å².